The van der Waals surface area contributed by atoms with E-state index in [0.29, 0.717) is 0 Å². The maximum atomic E-state index is 12.6. The highest BCUT2D eigenvalue weighted by Crippen LogP contribution is 2.32. The summed E-state index contributed by atoms with van der Waals surface area (Å²) >= 11 is 0. The van der Waals surface area contributed by atoms with E-state index in [1.807, 2.05) is 0 Å². The molecule has 0 unspecified atom stereocenters. The fourth-order valence-corrected chi connectivity index (χ4v) is 3.60. The van der Waals surface area contributed by atoms with Crippen molar-refractivity contribution in [3.8, 4) is 17.4 Å². The van der Waals surface area contributed by atoms with E-state index in [4.69, 9.17) is 4.42 Å². The Hall–Kier alpha value is -3.70. The second-order valence-corrected chi connectivity index (χ2v) is 7.33. The number of para-hydroxylation sites is 1. The monoisotopic (exact) mass is 380 g/mol. The SMILES string of the molecule is N#C/C(=C/c1ccc(-c2ccccc2[N+](=O)[O-])o1)S(=O)(=O)c1ccccc1. The molecule has 0 radical (unpaired) electrons. The lowest BCUT2D eigenvalue weighted by Gasteiger charge is -2.02. The van der Waals surface area contributed by atoms with Crippen molar-refractivity contribution in [3.05, 3.63) is 87.5 Å². The van der Waals surface area contributed by atoms with Crippen LogP contribution < -0.4 is 0 Å². The molecule has 134 valence electrons. The minimum absolute atomic E-state index is 0.0109. The van der Waals surface area contributed by atoms with Crippen molar-refractivity contribution in [1.29, 1.82) is 5.26 Å². The summed E-state index contributed by atoms with van der Waals surface area (Å²) < 4.78 is 30.7. The molecule has 0 aliphatic carbocycles. The van der Waals surface area contributed by atoms with Crippen LogP contribution in [0.5, 0.6) is 0 Å². The number of furan rings is 1. The van der Waals surface area contributed by atoms with E-state index in [1.165, 1.54) is 42.5 Å². The van der Waals surface area contributed by atoms with E-state index in [9.17, 15) is 23.8 Å². The van der Waals surface area contributed by atoms with Crippen LogP contribution in [-0.4, -0.2) is 13.3 Å². The minimum atomic E-state index is -3.99. The van der Waals surface area contributed by atoms with E-state index < -0.39 is 19.7 Å². The molecule has 0 bridgehead atoms. The number of sulfone groups is 1. The van der Waals surface area contributed by atoms with Gasteiger partial charge in [0.05, 0.1) is 15.4 Å². The fraction of sp³-hybridized carbons (Fsp3) is 0. The average Bonchev–Trinajstić information content (AvgIpc) is 3.15. The maximum absolute atomic E-state index is 12.6. The molecule has 0 fully saturated rings. The zero-order chi connectivity index (χ0) is 19.4. The Morgan fingerprint density at radius 3 is 2.37 bits per heavy atom. The van der Waals surface area contributed by atoms with Crippen LogP contribution >= 0.6 is 0 Å². The van der Waals surface area contributed by atoms with E-state index in [-0.39, 0.29) is 27.7 Å². The van der Waals surface area contributed by atoms with Crippen LogP contribution in [0.1, 0.15) is 5.76 Å². The number of nitro benzene ring substituents is 1. The van der Waals surface area contributed by atoms with Gasteiger partial charge in [0, 0.05) is 12.1 Å². The molecule has 0 spiro atoms. The molecule has 0 aliphatic rings. The van der Waals surface area contributed by atoms with Crippen LogP contribution in [0.25, 0.3) is 17.4 Å². The topological polar surface area (TPSA) is 114 Å². The Bertz CT molecular complexity index is 1170. The zero-order valence-corrected chi connectivity index (χ0v) is 14.6. The summed E-state index contributed by atoms with van der Waals surface area (Å²) in [6.45, 7) is 0. The van der Waals surface area contributed by atoms with Crippen LogP contribution in [0.4, 0.5) is 5.69 Å². The number of allylic oxidation sites excluding steroid dienone is 1. The largest absolute Gasteiger partial charge is 0.456 e. The summed E-state index contributed by atoms with van der Waals surface area (Å²) in [5.41, 5.74) is 0.117. The molecule has 1 aromatic heterocycles. The molecule has 0 amide bonds. The molecular formula is C19H12N2O5S. The molecule has 0 aliphatic heterocycles. The Kier molecular flexibility index (Phi) is 4.88. The molecule has 27 heavy (non-hydrogen) atoms. The predicted molar refractivity (Wildman–Crippen MR) is 98.0 cm³/mol. The second-order valence-electron chi connectivity index (χ2n) is 5.41. The molecule has 0 N–H and O–H groups in total. The maximum Gasteiger partial charge on any atom is 0.280 e. The van der Waals surface area contributed by atoms with Crippen molar-refractivity contribution in [1.82, 2.24) is 0 Å². The summed E-state index contributed by atoms with van der Waals surface area (Å²) in [6, 6.07) is 18.2. The lowest BCUT2D eigenvalue weighted by molar-refractivity contribution is -0.384. The Morgan fingerprint density at radius 2 is 1.70 bits per heavy atom. The van der Waals surface area contributed by atoms with Crippen molar-refractivity contribution in [3.63, 3.8) is 0 Å². The Morgan fingerprint density at radius 1 is 1.04 bits per heavy atom. The molecule has 0 saturated carbocycles. The first-order valence-electron chi connectivity index (χ1n) is 7.69. The number of nitro groups is 1. The van der Waals surface area contributed by atoms with Gasteiger partial charge in [-0.05, 0) is 30.3 Å². The van der Waals surface area contributed by atoms with Crippen LogP contribution in [-0.2, 0) is 9.84 Å². The van der Waals surface area contributed by atoms with E-state index in [1.54, 1.807) is 30.3 Å². The molecule has 0 atom stereocenters. The third-order valence-corrected chi connectivity index (χ3v) is 5.40. The molecule has 0 saturated heterocycles. The fourth-order valence-electron chi connectivity index (χ4n) is 2.44. The van der Waals surface area contributed by atoms with Gasteiger partial charge in [-0.3, -0.25) is 10.1 Å². The van der Waals surface area contributed by atoms with Crippen LogP contribution in [0.3, 0.4) is 0 Å². The Labute approximate surface area is 154 Å². The molecule has 8 heteroatoms. The lowest BCUT2D eigenvalue weighted by atomic mass is 10.1. The van der Waals surface area contributed by atoms with Gasteiger partial charge < -0.3 is 4.42 Å². The molecule has 3 rings (SSSR count). The van der Waals surface area contributed by atoms with Crippen molar-refractivity contribution < 1.29 is 17.8 Å². The summed E-state index contributed by atoms with van der Waals surface area (Å²) in [4.78, 5) is 10.1. The number of nitrogens with zero attached hydrogens (tertiary/aromatic N) is 2. The summed E-state index contributed by atoms with van der Waals surface area (Å²) in [5.74, 6) is 0.294. The van der Waals surface area contributed by atoms with E-state index >= 15 is 0 Å². The predicted octanol–water partition coefficient (Wildman–Crippen LogP) is 4.19. The van der Waals surface area contributed by atoms with Crippen LogP contribution in [0.2, 0.25) is 0 Å². The number of hydrogen-bond donors (Lipinski definition) is 0. The molecular weight excluding hydrogens is 368 g/mol. The first-order valence-corrected chi connectivity index (χ1v) is 9.17. The van der Waals surface area contributed by atoms with Gasteiger partial charge in [0.25, 0.3) is 5.69 Å². The van der Waals surface area contributed by atoms with Gasteiger partial charge in [0.2, 0.25) is 9.84 Å². The summed E-state index contributed by atoms with van der Waals surface area (Å²) in [5, 5.41) is 20.4. The van der Waals surface area contributed by atoms with Gasteiger partial charge in [-0.15, -0.1) is 0 Å². The third kappa shape index (κ3) is 3.63. The number of hydrogen-bond acceptors (Lipinski definition) is 6. The highest BCUT2D eigenvalue weighted by molar-refractivity contribution is 7.95. The number of nitriles is 1. The van der Waals surface area contributed by atoms with Crippen LogP contribution in [0.15, 0.2) is 80.9 Å². The van der Waals surface area contributed by atoms with Crippen molar-refractivity contribution >= 4 is 21.6 Å². The van der Waals surface area contributed by atoms with Gasteiger partial charge in [0.15, 0.2) is 4.91 Å². The first-order chi connectivity index (χ1) is 12.9. The van der Waals surface area contributed by atoms with Gasteiger partial charge in [-0.2, -0.15) is 5.26 Å². The zero-order valence-electron chi connectivity index (χ0n) is 13.8. The molecule has 3 aromatic rings. The molecule has 1 heterocycles. The average molecular weight is 380 g/mol. The minimum Gasteiger partial charge on any atom is -0.456 e. The quantitative estimate of drug-likeness (QED) is 0.372. The standard InChI is InChI=1S/C19H12N2O5S/c20-13-16(27(24,25)15-6-2-1-3-7-15)12-14-10-11-19(26-14)17-8-4-5-9-18(17)21(22)23/h1-12H/b16-12-. The second kappa shape index (κ2) is 7.27. The number of benzene rings is 2. The van der Waals surface area contributed by atoms with Gasteiger partial charge in [-0.25, -0.2) is 8.42 Å². The highest BCUT2D eigenvalue weighted by Gasteiger charge is 2.22. The number of rotatable bonds is 5. The van der Waals surface area contributed by atoms with Crippen molar-refractivity contribution in [2.45, 2.75) is 4.90 Å². The van der Waals surface area contributed by atoms with Crippen LogP contribution in [0, 0.1) is 21.4 Å². The smallest absolute Gasteiger partial charge is 0.280 e. The van der Waals surface area contributed by atoms with Crippen molar-refractivity contribution in [2.75, 3.05) is 0 Å². The van der Waals surface area contributed by atoms with Gasteiger partial charge in [0.1, 0.15) is 17.6 Å². The van der Waals surface area contributed by atoms with E-state index in [0.717, 1.165) is 6.08 Å². The molecule has 2 aromatic carbocycles. The van der Waals surface area contributed by atoms with E-state index in [2.05, 4.69) is 0 Å². The van der Waals surface area contributed by atoms with Gasteiger partial charge >= 0.3 is 0 Å². The highest BCUT2D eigenvalue weighted by atomic mass is 32.2. The van der Waals surface area contributed by atoms with Crippen molar-refractivity contribution in [2.24, 2.45) is 0 Å². The van der Waals surface area contributed by atoms with Gasteiger partial charge in [-0.1, -0.05) is 30.3 Å². The lowest BCUT2D eigenvalue weighted by Crippen LogP contribution is -2.03. The summed E-state index contributed by atoms with van der Waals surface area (Å²) in [7, 11) is -3.99. The molecule has 7 nitrogen and oxygen atoms in total. The third-order valence-electron chi connectivity index (χ3n) is 3.72. The Balaban J connectivity index is 2.02. The normalized spacial score (nSPS) is 11.7. The first kappa shape index (κ1) is 18.1. The summed E-state index contributed by atoms with van der Waals surface area (Å²) in [6.07, 6.45) is 1.10.